The minimum Gasteiger partial charge on any atom is -0.386 e. The second-order valence-corrected chi connectivity index (χ2v) is 5.29. The van der Waals surface area contributed by atoms with Gasteiger partial charge in [-0.1, -0.05) is 19.8 Å². The Bertz CT molecular complexity index is 347. The molecule has 0 spiro atoms. The Morgan fingerprint density at radius 3 is 2.76 bits per heavy atom. The van der Waals surface area contributed by atoms with Crippen molar-refractivity contribution in [2.75, 3.05) is 6.54 Å². The molecule has 1 aromatic rings. The number of aromatic nitrogens is 2. The van der Waals surface area contributed by atoms with Crippen LogP contribution in [0.3, 0.4) is 0 Å². The van der Waals surface area contributed by atoms with E-state index in [9.17, 15) is 5.11 Å². The Hall–Kier alpha value is -1.00. The van der Waals surface area contributed by atoms with E-state index in [1.165, 1.54) is 6.33 Å². The van der Waals surface area contributed by atoms with Gasteiger partial charge in [0.25, 0.3) is 0 Å². The lowest BCUT2D eigenvalue weighted by atomic mass is 9.67. The number of hydrogen-bond donors (Lipinski definition) is 2. The zero-order valence-corrected chi connectivity index (χ0v) is 10.3. The van der Waals surface area contributed by atoms with E-state index in [-0.39, 0.29) is 5.41 Å². The lowest BCUT2D eigenvalue weighted by molar-refractivity contribution is -0.0109. The van der Waals surface area contributed by atoms with E-state index in [4.69, 9.17) is 5.73 Å². The van der Waals surface area contributed by atoms with Gasteiger partial charge in [0, 0.05) is 18.2 Å². The van der Waals surface area contributed by atoms with Crippen molar-refractivity contribution >= 4 is 0 Å². The lowest BCUT2D eigenvalue weighted by Crippen LogP contribution is -2.40. The highest BCUT2D eigenvalue weighted by Crippen LogP contribution is 2.46. The Kier molecular flexibility index (Phi) is 3.74. The van der Waals surface area contributed by atoms with Crippen LogP contribution >= 0.6 is 0 Å². The van der Waals surface area contributed by atoms with Gasteiger partial charge in [-0.05, 0) is 24.8 Å². The molecule has 4 heteroatoms. The van der Waals surface area contributed by atoms with Crippen LogP contribution in [0.5, 0.6) is 0 Å². The van der Waals surface area contributed by atoms with Crippen LogP contribution in [-0.4, -0.2) is 21.6 Å². The van der Waals surface area contributed by atoms with Gasteiger partial charge >= 0.3 is 0 Å². The SMILES string of the molecule is CC1CCC(CN)(C(O)c2ccncn2)CC1. The second-order valence-electron chi connectivity index (χ2n) is 5.29. The van der Waals surface area contributed by atoms with Gasteiger partial charge in [-0.3, -0.25) is 0 Å². The third-order valence-electron chi connectivity index (χ3n) is 4.14. The van der Waals surface area contributed by atoms with Gasteiger partial charge in [-0.2, -0.15) is 0 Å². The Morgan fingerprint density at radius 1 is 1.53 bits per heavy atom. The molecule has 1 aliphatic rings. The van der Waals surface area contributed by atoms with Crippen LogP contribution in [0.25, 0.3) is 0 Å². The second kappa shape index (κ2) is 5.10. The van der Waals surface area contributed by atoms with Gasteiger partial charge in [0.05, 0.1) is 5.69 Å². The van der Waals surface area contributed by atoms with Crippen molar-refractivity contribution < 1.29 is 5.11 Å². The topological polar surface area (TPSA) is 72.0 Å². The molecular formula is C13H21N3O. The third kappa shape index (κ3) is 2.48. The smallest absolute Gasteiger partial charge is 0.115 e. The molecule has 0 saturated heterocycles. The van der Waals surface area contributed by atoms with Crippen LogP contribution in [0.2, 0.25) is 0 Å². The first kappa shape index (κ1) is 12.5. The summed E-state index contributed by atoms with van der Waals surface area (Å²) in [5.41, 5.74) is 6.42. The molecule has 1 atom stereocenters. The average molecular weight is 235 g/mol. The van der Waals surface area contributed by atoms with Crippen molar-refractivity contribution in [3.8, 4) is 0 Å². The van der Waals surface area contributed by atoms with E-state index in [1.54, 1.807) is 12.3 Å². The van der Waals surface area contributed by atoms with Crippen LogP contribution in [0.4, 0.5) is 0 Å². The standard InChI is InChI=1S/C13H21N3O/c1-10-2-5-13(8-14,6-3-10)12(17)11-4-7-15-9-16-11/h4,7,9-10,12,17H,2-3,5-6,8,14H2,1H3. The summed E-state index contributed by atoms with van der Waals surface area (Å²) < 4.78 is 0. The number of aliphatic hydroxyl groups is 1. The van der Waals surface area contributed by atoms with Crippen LogP contribution in [0.15, 0.2) is 18.6 Å². The maximum absolute atomic E-state index is 10.5. The summed E-state index contributed by atoms with van der Waals surface area (Å²) in [6.07, 6.45) is 6.82. The van der Waals surface area contributed by atoms with Crippen molar-refractivity contribution in [2.45, 2.75) is 38.7 Å². The maximum Gasteiger partial charge on any atom is 0.115 e. The monoisotopic (exact) mass is 235 g/mol. The quantitative estimate of drug-likeness (QED) is 0.836. The van der Waals surface area contributed by atoms with Crippen molar-refractivity contribution in [1.29, 1.82) is 0 Å². The summed E-state index contributed by atoms with van der Waals surface area (Å²) >= 11 is 0. The highest BCUT2D eigenvalue weighted by atomic mass is 16.3. The molecule has 94 valence electrons. The lowest BCUT2D eigenvalue weighted by Gasteiger charge is -2.41. The fourth-order valence-electron chi connectivity index (χ4n) is 2.70. The van der Waals surface area contributed by atoms with E-state index in [0.717, 1.165) is 31.6 Å². The first-order chi connectivity index (χ1) is 8.18. The van der Waals surface area contributed by atoms with Crippen LogP contribution in [0, 0.1) is 11.3 Å². The Balaban J connectivity index is 2.18. The van der Waals surface area contributed by atoms with Gasteiger partial charge in [-0.25, -0.2) is 9.97 Å². The van der Waals surface area contributed by atoms with Gasteiger partial charge < -0.3 is 10.8 Å². The molecule has 1 aliphatic carbocycles. The third-order valence-corrected chi connectivity index (χ3v) is 4.14. The van der Waals surface area contributed by atoms with Gasteiger partial charge in [-0.15, -0.1) is 0 Å². The molecule has 17 heavy (non-hydrogen) atoms. The predicted octanol–water partition coefficient (Wildman–Crippen LogP) is 1.67. The molecule has 0 aromatic carbocycles. The number of rotatable bonds is 3. The zero-order valence-electron chi connectivity index (χ0n) is 10.3. The van der Waals surface area contributed by atoms with Crippen LogP contribution in [-0.2, 0) is 0 Å². The molecule has 0 aliphatic heterocycles. The van der Waals surface area contributed by atoms with Crippen molar-refractivity contribution in [2.24, 2.45) is 17.1 Å². The van der Waals surface area contributed by atoms with E-state index >= 15 is 0 Å². The molecule has 0 radical (unpaired) electrons. The zero-order chi connectivity index (χ0) is 12.3. The number of aliphatic hydroxyl groups excluding tert-OH is 1. The normalized spacial score (nSPS) is 31.1. The molecule has 0 amide bonds. The largest absolute Gasteiger partial charge is 0.386 e. The number of nitrogens with two attached hydrogens (primary N) is 1. The van der Waals surface area contributed by atoms with Crippen molar-refractivity contribution in [3.63, 3.8) is 0 Å². The van der Waals surface area contributed by atoms with Gasteiger partial charge in [0.1, 0.15) is 12.4 Å². The van der Waals surface area contributed by atoms with E-state index in [2.05, 4.69) is 16.9 Å². The van der Waals surface area contributed by atoms with E-state index in [0.29, 0.717) is 12.2 Å². The minimum atomic E-state index is -0.567. The molecule has 1 fully saturated rings. The number of hydrogen-bond acceptors (Lipinski definition) is 4. The highest BCUT2D eigenvalue weighted by Gasteiger charge is 2.40. The molecule has 2 rings (SSSR count). The fraction of sp³-hybridized carbons (Fsp3) is 0.692. The summed E-state index contributed by atoms with van der Waals surface area (Å²) in [5.74, 6) is 0.743. The molecule has 1 unspecified atom stereocenters. The molecule has 3 N–H and O–H groups in total. The van der Waals surface area contributed by atoms with Crippen LogP contribution in [0.1, 0.15) is 44.4 Å². The maximum atomic E-state index is 10.5. The van der Waals surface area contributed by atoms with Crippen molar-refractivity contribution in [3.05, 3.63) is 24.3 Å². The van der Waals surface area contributed by atoms with E-state index < -0.39 is 6.10 Å². The van der Waals surface area contributed by atoms with Crippen LogP contribution < -0.4 is 5.73 Å². The molecule has 0 bridgehead atoms. The van der Waals surface area contributed by atoms with E-state index in [1.807, 2.05) is 0 Å². The summed E-state index contributed by atoms with van der Waals surface area (Å²) in [5, 5.41) is 10.5. The Labute approximate surface area is 102 Å². The molecule has 4 nitrogen and oxygen atoms in total. The van der Waals surface area contributed by atoms with Gasteiger partial charge in [0.2, 0.25) is 0 Å². The molecule has 1 aromatic heterocycles. The fourth-order valence-corrected chi connectivity index (χ4v) is 2.70. The summed E-state index contributed by atoms with van der Waals surface area (Å²) in [4.78, 5) is 8.03. The average Bonchev–Trinajstić information content (AvgIpc) is 2.40. The Morgan fingerprint density at radius 2 is 2.24 bits per heavy atom. The molecule has 1 saturated carbocycles. The summed E-state index contributed by atoms with van der Waals surface area (Å²) in [7, 11) is 0. The highest BCUT2D eigenvalue weighted by molar-refractivity contribution is 5.08. The molecule has 1 heterocycles. The van der Waals surface area contributed by atoms with Crippen molar-refractivity contribution in [1.82, 2.24) is 9.97 Å². The molecular weight excluding hydrogens is 214 g/mol. The summed E-state index contributed by atoms with van der Waals surface area (Å²) in [6.45, 7) is 2.78. The van der Waals surface area contributed by atoms with Gasteiger partial charge in [0.15, 0.2) is 0 Å². The first-order valence-corrected chi connectivity index (χ1v) is 6.32. The first-order valence-electron chi connectivity index (χ1n) is 6.32. The predicted molar refractivity (Wildman–Crippen MR) is 66.1 cm³/mol. The summed E-state index contributed by atoms with van der Waals surface area (Å²) in [6, 6.07) is 1.78. The minimum absolute atomic E-state index is 0.194. The number of nitrogens with zero attached hydrogens (tertiary/aromatic N) is 2.